The second kappa shape index (κ2) is 5.28. The highest BCUT2D eigenvalue weighted by Gasteiger charge is 2.48. The lowest BCUT2D eigenvalue weighted by atomic mass is 9.77. The highest BCUT2D eigenvalue weighted by molar-refractivity contribution is 5.87. The molecule has 3 atom stereocenters. The third kappa shape index (κ3) is 3.19. The first-order chi connectivity index (χ1) is 8.88. The number of ether oxygens (including phenoxy) is 1. The lowest BCUT2D eigenvalue weighted by molar-refractivity contribution is -0.163. The van der Waals surface area contributed by atoms with Crippen LogP contribution in [0.2, 0.25) is 0 Å². The van der Waals surface area contributed by atoms with Gasteiger partial charge in [0.15, 0.2) is 0 Å². The van der Waals surface area contributed by atoms with E-state index in [-0.39, 0.29) is 5.97 Å². The molecule has 0 spiro atoms. The smallest absolute Gasteiger partial charge is 0.333 e. The fraction of sp³-hybridized carbons (Fsp3) is 0.812. The molecule has 2 aliphatic rings. The number of hydrogen-bond donors (Lipinski definition) is 1. The van der Waals surface area contributed by atoms with E-state index in [1.165, 1.54) is 0 Å². The first-order valence-corrected chi connectivity index (χ1v) is 7.49. The Kier molecular flexibility index (Phi) is 4.05. The topological polar surface area (TPSA) is 46.5 Å². The van der Waals surface area contributed by atoms with Crippen molar-refractivity contribution in [2.75, 3.05) is 0 Å². The van der Waals surface area contributed by atoms with Crippen LogP contribution in [0.25, 0.3) is 0 Å². The Labute approximate surface area is 116 Å². The number of carbonyl (C=O) groups excluding carboxylic acids is 1. The molecule has 3 nitrogen and oxygen atoms in total. The van der Waals surface area contributed by atoms with Crippen LogP contribution in [-0.4, -0.2) is 22.3 Å². The normalized spacial score (nSPS) is 38.4. The third-order valence-corrected chi connectivity index (χ3v) is 4.89. The molecule has 0 aromatic rings. The Morgan fingerprint density at radius 1 is 1.42 bits per heavy atom. The van der Waals surface area contributed by atoms with E-state index in [2.05, 4.69) is 6.58 Å². The maximum Gasteiger partial charge on any atom is 0.333 e. The molecular weight excluding hydrogens is 240 g/mol. The average Bonchev–Trinajstić information content (AvgIpc) is 2.72. The zero-order valence-electron chi connectivity index (χ0n) is 12.2. The maximum absolute atomic E-state index is 11.9. The molecule has 3 unspecified atom stereocenters. The van der Waals surface area contributed by atoms with Crippen molar-refractivity contribution < 1.29 is 14.6 Å². The van der Waals surface area contributed by atoms with E-state index in [9.17, 15) is 9.90 Å². The van der Waals surface area contributed by atoms with Gasteiger partial charge in [0.1, 0.15) is 5.60 Å². The van der Waals surface area contributed by atoms with Crippen LogP contribution in [0, 0.1) is 5.92 Å². The van der Waals surface area contributed by atoms with Crippen LogP contribution in [-0.2, 0) is 9.53 Å². The quantitative estimate of drug-likeness (QED) is 0.629. The summed E-state index contributed by atoms with van der Waals surface area (Å²) in [5.74, 6) is 0.346. The summed E-state index contributed by atoms with van der Waals surface area (Å²) >= 11 is 0. The standard InChI is InChI=1S/C16H26O3/c1-4-15(18)8-5-6-13-7-9-16(10-13,11-15)19-14(17)12(2)3/h13,18H,2,4-11H2,1,3H3. The second-order valence-corrected chi connectivity index (χ2v) is 6.61. The fourth-order valence-corrected chi connectivity index (χ4v) is 3.73. The van der Waals surface area contributed by atoms with E-state index in [0.29, 0.717) is 17.9 Å². The van der Waals surface area contributed by atoms with Crippen LogP contribution >= 0.6 is 0 Å². The molecule has 108 valence electrons. The highest BCUT2D eigenvalue weighted by Crippen LogP contribution is 2.48. The summed E-state index contributed by atoms with van der Waals surface area (Å²) in [6.07, 6.45) is 7.28. The maximum atomic E-state index is 11.9. The molecule has 0 saturated heterocycles. The van der Waals surface area contributed by atoms with Gasteiger partial charge >= 0.3 is 5.97 Å². The minimum absolute atomic E-state index is 0.306. The van der Waals surface area contributed by atoms with Crippen LogP contribution in [0.5, 0.6) is 0 Å². The van der Waals surface area contributed by atoms with Crippen LogP contribution in [0.4, 0.5) is 0 Å². The van der Waals surface area contributed by atoms with Crippen molar-refractivity contribution in [2.45, 2.75) is 76.4 Å². The van der Waals surface area contributed by atoms with Gasteiger partial charge in [-0.2, -0.15) is 0 Å². The van der Waals surface area contributed by atoms with Gasteiger partial charge in [0.25, 0.3) is 0 Å². The molecule has 0 aromatic carbocycles. The predicted octanol–water partition coefficient (Wildman–Crippen LogP) is 3.36. The summed E-state index contributed by atoms with van der Waals surface area (Å²) in [5.41, 5.74) is -0.684. The van der Waals surface area contributed by atoms with Crippen molar-refractivity contribution in [2.24, 2.45) is 5.92 Å². The Balaban J connectivity index is 2.19. The molecule has 2 saturated carbocycles. The number of carbonyl (C=O) groups is 1. The van der Waals surface area contributed by atoms with E-state index < -0.39 is 11.2 Å². The molecule has 0 amide bonds. The van der Waals surface area contributed by atoms with Crippen LogP contribution < -0.4 is 0 Å². The van der Waals surface area contributed by atoms with Crippen LogP contribution in [0.1, 0.15) is 65.2 Å². The summed E-state index contributed by atoms with van der Waals surface area (Å²) in [4.78, 5) is 11.9. The summed E-state index contributed by atoms with van der Waals surface area (Å²) in [6, 6.07) is 0. The van der Waals surface area contributed by atoms with E-state index in [1.54, 1.807) is 6.92 Å². The van der Waals surface area contributed by atoms with Crippen molar-refractivity contribution >= 4 is 5.97 Å². The van der Waals surface area contributed by atoms with E-state index in [1.807, 2.05) is 6.92 Å². The van der Waals surface area contributed by atoms with Gasteiger partial charge in [-0.05, 0) is 44.9 Å². The number of esters is 1. The van der Waals surface area contributed by atoms with Gasteiger partial charge in [0.05, 0.1) is 5.60 Å². The molecule has 2 bridgehead atoms. The van der Waals surface area contributed by atoms with E-state index >= 15 is 0 Å². The molecule has 2 fully saturated rings. The Morgan fingerprint density at radius 2 is 2.16 bits per heavy atom. The fourth-order valence-electron chi connectivity index (χ4n) is 3.73. The summed E-state index contributed by atoms with van der Waals surface area (Å²) in [7, 11) is 0. The third-order valence-electron chi connectivity index (χ3n) is 4.89. The number of fused-ring (bicyclic) bond motifs is 2. The molecule has 2 rings (SSSR count). The van der Waals surface area contributed by atoms with Gasteiger partial charge in [-0.25, -0.2) is 4.79 Å². The highest BCUT2D eigenvalue weighted by atomic mass is 16.6. The summed E-state index contributed by atoms with van der Waals surface area (Å²) in [5, 5.41) is 10.7. The molecule has 0 radical (unpaired) electrons. The monoisotopic (exact) mass is 266 g/mol. The SMILES string of the molecule is C=C(C)C(=O)OC12CCC(CCCC(O)(CC)C1)C2. The van der Waals surface area contributed by atoms with E-state index in [0.717, 1.165) is 44.9 Å². The summed E-state index contributed by atoms with van der Waals surface area (Å²) in [6.45, 7) is 7.36. The Bertz CT molecular complexity index is 376. The lowest BCUT2D eigenvalue weighted by Gasteiger charge is -2.39. The molecular formula is C16H26O3. The van der Waals surface area contributed by atoms with Crippen molar-refractivity contribution in [3.05, 3.63) is 12.2 Å². The average molecular weight is 266 g/mol. The zero-order valence-corrected chi connectivity index (χ0v) is 12.2. The first kappa shape index (κ1) is 14.6. The molecule has 3 heteroatoms. The lowest BCUT2D eigenvalue weighted by Crippen LogP contribution is -2.44. The van der Waals surface area contributed by atoms with Crippen molar-refractivity contribution in [3.63, 3.8) is 0 Å². The van der Waals surface area contributed by atoms with Gasteiger partial charge in [-0.15, -0.1) is 0 Å². The first-order valence-electron chi connectivity index (χ1n) is 7.49. The molecule has 19 heavy (non-hydrogen) atoms. The van der Waals surface area contributed by atoms with Gasteiger partial charge in [0, 0.05) is 12.0 Å². The zero-order chi connectivity index (χ0) is 14.1. The van der Waals surface area contributed by atoms with Gasteiger partial charge in [-0.1, -0.05) is 26.3 Å². The van der Waals surface area contributed by atoms with Gasteiger partial charge < -0.3 is 9.84 Å². The van der Waals surface area contributed by atoms with Crippen LogP contribution in [0.3, 0.4) is 0 Å². The molecule has 1 N–H and O–H groups in total. The number of hydrogen-bond acceptors (Lipinski definition) is 3. The molecule has 0 heterocycles. The van der Waals surface area contributed by atoms with Crippen molar-refractivity contribution in [3.8, 4) is 0 Å². The Morgan fingerprint density at radius 3 is 2.79 bits per heavy atom. The second-order valence-electron chi connectivity index (χ2n) is 6.61. The summed E-state index contributed by atoms with van der Waals surface area (Å²) < 4.78 is 5.77. The van der Waals surface area contributed by atoms with Gasteiger partial charge in [0.2, 0.25) is 0 Å². The molecule has 0 aliphatic heterocycles. The van der Waals surface area contributed by atoms with Gasteiger partial charge in [-0.3, -0.25) is 0 Å². The van der Waals surface area contributed by atoms with E-state index in [4.69, 9.17) is 4.74 Å². The molecule has 2 aliphatic carbocycles. The largest absolute Gasteiger partial charge is 0.456 e. The number of aliphatic hydroxyl groups is 1. The minimum Gasteiger partial charge on any atom is -0.456 e. The van der Waals surface area contributed by atoms with Crippen LogP contribution in [0.15, 0.2) is 12.2 Å². The number of rotatable bonds is 3. The minimum atomic E-state index is -0.676. The Hall–Kier alpha value is -0.830. The van der Waals surface area contributed by atoms with Crippen molar-refractivity contribution in [1.82, 2.24) is 0 Å². The molecule has 0 aromatic heterocycles. The predicted molar refractivity (Wildman–Crippen MR) is 74.7 cm³/mol. The van der Waals surface area contributed by atoms with Crippen molar-refractivity contribution in [1.29, 1.82) is 0 Å².